The molecule has 1 unspecified atom stereocenters. The third kappa shape index (κ3) is 2.45. The molecule has 2 heterocycles. The van der Waals surface area contributed by atoms with Gasteiger partial charge in [-0.3, -0.25) is 4.79 Å². The van der Waals surface area contributed by atoms with Crippen LogP contribution in [0.25, 0.3) is 0 Å². The Labute approximate surface area is 133 Å². The zero-order valence-corrected chi connectivity index (χ0v) is 13.6. The van der Waals surface area contributed by atoms with E-state index in [1.807, 2.05) is 6.07 Å². The number of Topliss-reactive ketones (excluding diaryl/α,β-unsaturated/α-hetero) is 1. The molecule has 6 heteroatoms. The second kappa shape index (κ2) is 5.39. The van der Waals surface area contributed by atoms with E-state index in [0.29, 0.717) is 27.8 Å². The number of halogens is 2. The van der Waals surface area contributed by atoms with Gasteiger partial charge in [-0.05, 0) is 34.1 Å². The molecule has 0 saturated carbocycles. The van der Waals surface area contributed by atoms with Crippen LogP contribution in [0.5, 0.6) is 11.5 Å². The van der Waals surface area contributed by atoms with Crippen molar-refractivity contribution in [1.29, 1.82) is 0 Å². The summed E-state index contributed by atoms with van der Waals surface area (Å²) in [5.41, 5.74) is 0.601. The van der Waals surface area contributed by atoms with Gasteiger partial charge in [-0.1, -0.05) is 11.6 Å². The number of methoxy groups -OCH3 is 1. The smallest absolute Gasteiger partial charge is 0.170 e. The Morgan fingerprint density at radius 3 is 2.90 bits per heavy atom. The van der Waals surface area contributed by atoms with Gasteiger partial charge in [0.2, 0.25) is 0 Å². The van der Waals surface area contributed by atoms with E-state index in [1.54, 1.807) is 25.3 Å². The van der Waals surface area contributed by atoms with Crippen molar-refractivity contribution in [2.45, 2.75) is 12.5 Å². The number of carbonyl (C=O) groups is 1. The summed E-state index contributed by atoms with van der Waals surface area (Å²) in [5.74, 6) is 1.30. The van der Waals surface area contributed by atoms with E-state index in [0.717, 1.165) is 9.35 Å². The summed E-state index contributed by atoms with van der Waals surface area (Å²) in [5, 5.41) is 0. The number of hydrogen-bond acceptors (Lipinski definition) is 4. The second-order valence-electron chi connectivity index (χ2n) is 4.37. The molecule has 3 rings (SSSR count). The molecule has 20 heavy (non-hydrogen) atoms. The second-order valence-corrected chi connectivity index (χ2v) is 6.91. The van der Waals surface area contributed by atoms with Gasteiger partial charge in [0.1, 0.15) is 21.9 Å². The number of rotatable bonds is 2. The Hall–Kier alpha value is -1.04. The fourth-order valence-electron chi connectivity index (χ4n) is 2.11. The van der Waals surface area contributed by atoms with E-state index >= 15 is 0 Å². The van der Waals surface area contributed by atoms with Gasteiger partial charge in [-0.15, -0.1) is 11.3 Å². The lowest BCUT2D eigenvalue weighted by molar-refractivity contribution is 0.0853. The maximum Gasteiger partial charge on any atom is 0.170 e. The van der Waals surface area contributed by atoms with Crippen LogP contribution in [0.15, 0.2) is 28.7 Å². The van der Waals surface area contributed by atoms with Crippen molar-refractivity contribution in [3.8, 4) is 11.5 Å². The van der Waals surface area contributed by atoms with Crippen LogP contribution in [0, 0.1) is 0 Å². The van der Waals surface area contributed by atoms with Gasteiger partial charge in [-0.2, -0.15) is 0 Å². The van der Waals surface area contributed by atoms with Crippen LogP contribution in [-0.4, -0.2) is 12.9 Å². The zero-order chi connectivity index (χ0) is 14.3. The third-order valence-corrected chi connectivity index (χ3v) is 5.68. The lowest BCUT2D eigenvalue weighted by Gasteiger charge is -2.24. The largest absolute Gasteiger partial charge is 0.497 e. The quantitative estimate of drug-likeness (QED) is 0.752. The van der Waals surface area contributed by atoms with Crippen molar-refractivity contribution in [1.82, 2.24) is 0 Å². The predicted octanol–water partition coefficient (Wildman–Crippen LogP) is 4.88. The molecule has 1 aromatic carbocycles. The first-order chi connectivity index (χ1) is 9.58. The minimum Gasteiger partial charge on any atom is -0.497 e. The highest BCUT2D eigenvalue weighted by molar-refractivity contribution is 9.10. The highest BCUT2D eigenvalue weighted by atomic mass is 79.9. The molecule has 0 amide bonds. The summed E-state index contributed by atoms with van der Waals surface area (Å²) in [6, 6.07) is 7.14. The van der Waals surface area contributed by atoms with Crippen LogP contribution in [0.2, 0.25) is 4.34 Å². The first kappa shape index (κ1) is 13.9. The summed E-state index contributed by atoms with van der Waals surface area (Å²) in [6.45, 7) is 0. The predicted molar refractivity (Wildman–Crippen MR) is 82.3 cm³/mol. The van der Waals surface area contributed by atoms with Gasteiger partial charge in [0.15, 0.2) is 5.78 Å². The monoisotopic (exact) mass is 372 g/mol. The minimum atomic E-state index is -0.295. The molecule has 0 fully saturated rings. The fraction of sp³-hybridized carbons (Fsp3) is 0.214. The van der Waals surface area contributed by atoms with Gasteiger partial charge >= 0.3 is 0 Å². The molecule has 0 spiro atoms. The molecule has 0 aliphatic carbocycles. The molecule has 1 aromatic heterocycles. The highest BCUT2D eigenvalue weighted by Crippen LogP contribution is 2.42. The van der Waals surface area contributed by atoms with Gasteiger partial charge in [0, 0.05) is 15.4 Å². The Morgan fingerprint density at radius 2 is 2.25 bits per heavy atom. The van der Waals surface area contributed by atoms with E-state index in [-0.39, 0.29) is 11.9 Å². The van der Waals surface area contributed by atoms with Crippen molar-refractivity contribution in [2.24, 2.45) is 0 Å². The maximum atomic E-state index is 12.2. The average Bonchev–Trinajstić information content (AvgIpc) is 2.78. The maximum absolute atomic E-state index is 12.2. The molecule has 1 atom stereocenters. The summed E-state index contributed by atoms with van der Waals surface area (Å²) in [6.07, 6.45) is 0.0266. The molecule has 0 bridgehead atoms. The standard InChI is InChI=1S/C14H10BrClO3S/c1-18-7-2-3-8-10(17)6-12(19-11(8)4-7)13-5-9(15)14(16)20-13/h2-5,12H,6H2,1H3. The SMILES string of the molecule is COc1ccc2c(c1)OC(c1cc(Br)c(Cl)s1)CC2=O. The molecule has 0 saturated heterocycles. The molecule has 2 aromatic rings. The van der Waals surface area contributed by atoms with Crippen molar-refractivity contribution < 1.29 is 14.3 Å². The molecule has 3 nitrogen and oxygen atoms in total. The summed E-state index contributed by atoms with van der Waals surface area (Å²) < 4.78 is 12.6. The zero-order valence-electron chi connectivity index (χ0n) is 10.5. The van der Waals surface area contributed by atoms with Crippen molar-refractivity contribution in [2.75, 3.05) is 7.11 Å². The van der Waals surface area contributed by atoms with Crippen LogP contribution >= 0.6 is 38.9 Å². The third-order valence-electron chi connectivity index (χ3n) is 3.11. The first-order valence-electron chi connectivity index (χ1n) is 5.91. The molecular formula is C14H10BrClO3S. The van der Waals surface area contributed by atoms with Gasteiger partial charge < -0.3 is 9.47 Å². The highest BCUT2D eigenvalue weighted by Gasteiger charge is 2.29. The van der Waals surface area contributed by atoms with Gasteiger partial charge in [-0.25, -0.2) is 0 Å². The number of carbonyl (C=O) groups excluding carboxylic acids is 1. The summed E-state index contributed by atoms with van der Waals surface area (Å²) >= 11 is 10.8. The van der Waals surface area contributed by atoms with E-state index in [2.05, 4.69) is 15.9 Å². The Morgan fingerprint density at radius 1 is 1.45 bits per heavy atom. The molecular weight excluding hydrogens is 364 g/mol. The van der Waals surface area contributed by atoms with Crippen LogP contribution in [-0.2, 0) is 0 Å². The number of fused-ring (bicyclic) bond motifs is 1. The van der Waals surface area contributed by atoms with Gasteiger partial charge in [0.25, 0.3) is 0 Å². The lowest BCUT2D eigenvalue weighted by atomic mass is 10.00. The summed E-state index contributed by atoms with van der Waals surface area (Å²) in [4.78, 5) is 13.1. The van der Waals surface area contributed by atoms with Crippen LogP contribution in [0.3, 0.4) is 0 Å². The van der Waals surface area contributed by atoms with E-state index < -0.39 is 0 Å². The molecule has 1 aliphatic heterocycles. The average molecular weight is 374 g/mol. The number of ketones is 1. The molecule has 0 radical (unpaired) electrons. The van der Waals surface area contributed by atoms with Crippen molar-refractivity contribution in [3.05, 3.63) is 43.5 Å². The number of thiophene rings is 1. The lowest BCUT2D eigenvalue weighted by Crippen LogP contribution is -2.19. The number of ether oxygens (including phenoxy) is 2. The molecule has 104 valence electrons. The Balaban J connectivity index is 1.96. The van der Waals surface area contributed by atoms with E-state index in [1.165, 1.54) is 11.3 Å². The summed E-state index contributed by atoms with van der Waals surface area (Å²) in [7, 11) is 1.58. The fourth-order valence-corrected chi connectivity index (χ4v) is 3.88. The van der Waals surface area contributed by atoms with Crippen LogP contribution < -0.4 is 9.47 Å². The minimum absolute atomic E-state index is 0.0690. The van der Waals surface area contributed by atoms with Crippen LogP contribution in [0.4, 0.5) is 0 Å². The topological polar surface area (TPSA) is 35.5 Å². The van der Waals surface area contributed by atoms with Crippen molar-refractivity contribution in [3.63, 3.8) is 0 Å². The number of benzene rings is 1. The van der Waals surface area contributed by atoms with E-state index in [9.17, 15) is 4.79 Å². The molecule has 1 aliphatic rings. The van der Waals surface area contributed by atoms with Gasteiger partial charge in [0.05, 0.1) is 19.1 Å². The molecule has 0 N–H and O–H groups in total. The van der Waals surface area contributed by atoms with E-state index in [4.69, 9.17) is 21.1 Å². The van der Waals surface area contributed by atoms with Crippen molar-refractivity contribution >= 4 is 44.7 Å². The first-order valence-corrected chi connectivity index (χ1v) is 7.90. The van der Waals surface area contributed by atoms with Crippen LogP contribution in [0.1, 0.15) is 27.8 Å². The number of hydrogen-bond donors (Lipinski definition) is 0. The Bertz CT molecular complexity index is 664. The Kier molecular flexibility index (Phi) is 3.75. The normalized spacial score (nSPS) is 17.6.